The molecule has 4 saturated heterocycles. The number of carbonyl (C=O) groups excluding carboxylic acids is 1. The van der Waals surface area contributed by atoms with Gasteiger partial charge in [0.05, 0.1) is 13.2 Å². The van der Waals surface area contributed by atoms with E-state index < -0.39 is 5.82 Å². The molecular formula is C38H45FN6O4. The number of phenolic OH excluding ortho intramolecular Hbond substituents is 1. The van der Waals surface area contributed by atoms with Gasteiger partial charge in [-0.15, -0.1) is 0 Å². The van der Waals surface area contributed by atoms with Crippen LogP contribution >= 0.6 is 0 Å². The van der Waals surface area contributed by atoms with Crippen molar-refractivity contribution in [2.45, 2.75) is 56.7 Å². The quantitative estimate of drug-likeness (QED) is 0.263. The summed E-state index contributed by atoms with van der Waals surface area (Å²) < 4.78 is 28.5. The van der Waals surface area contributed by atoms with Gasteiger partial charge in [-0.3, -0.25) is 9.69 Å². The highest BCUT2D eigenvalue weighted by Crippen LogP contribution is 2.40. The minimum absolute atomic E-state index is 0.0743. The van der Waals surface area contributed by atoms with Gasteiger partial charge in [-0.05, 0) is 86.8 Å². The van der Waals surface area contributed by atoms with Gasteiger partial charge in [0.15, 0.2) is 5.82 Å². The van der Waals surface area contributed by atoms with E-state index in [9.17, 15) is 9.90 Å². The molecule has 1 amide bonds. The van der Waals surface area contributed by atoms with E-state index >= 15 is 4.39 Å². The zero-order valence-electron chi connectivity index (χ0n) is 28.2. The standard InChI is InChI=1S/C38H45FN6O4/c1-42-14-4-7-28(42)24-49-38-40-36-32(13-12-31(35(36)39)33-21-29(46)20-25-6-2-3-8-30(25)33)37(41-38)44-22-26-10-11-27(23-44)45(26)34(47)9-5-15-43-16-18-48-19-17-43/h2-3,6,8,12-13,20-21,26-28,46H,4-5,7,9-11,14-19,22-24H2,1H3/t26?,27?,28-/m0/s1. The number of rotatable bonds is 9. The van der Waals surface area contributed by atoms with Crippen LogP contribution in [-0.2, 0) is 9.53 Å². The highest BCUT2D eigenvalue weighted by molar-refractivity contribution is 6.01. The van der Waals surface area contributed by atoms with Gasteiger partial charge < -0.3 is 29.3 Å². The normalized spacial score (nSPS) is 23.2. The van der Waals surface area contributed by atoms with Crippen LogP contribution in [0, 0.1) is 5.82 Å². The topological polar surface area (TPSA) is 94.5 Å². The Morgan fingerprint density at radius 1 is 0.980 bits per heavy atom. The average molecular weight is 669 g/mol. The van der Waals surface area contributed by atoms with Crippen molar-refractivity contribution in [2.75, 3.05) is 71.0 Å². The van der Waals surface area contributed by atoms with E-state index in [0.29, 0.717) is 48.4 Å². The summed E-state index contributed by atoms with van der Waals surface area (Å²) in [4.78, 5) is 32.1. The van der Waals surface area contributed by atoms with Gasteiger partial charge in [0.25, 0.3) is 0 Å². The number of phenols is 1. The Morgan fingerprint density at radius 2 is 1.78 bits per heavy atom. The lowest BCUT2D eigenvalue weighted by molar-refractivity contribution is -0.134. The van der Waals surface area contributed by atoms with E-state index in [4.69, 9.17) is 14.5 Å². The lowest BCUT2D eigenvalue weighted by atomic mass is 9.96. The molecule has 4 aromatic rings. The number of piperazine rings is 1. The Balaban J connectivity index is 1.10. The number of aromatic nitrogens is 2. The van der Waals surface area contributed by atoms with Crippen molar-refractivity contribution in [1.82, 2.24) is 24.7 Å². The lowest BCUT2D eigenvalue weighted by Gasteiger charge is -2.42. The summed E-state index contributed by atoms with van der Waals surface area (Å²) in [7, 11) is 2.10. The van der Waals surface area contributed by atoms with Crippen LogP contribution < -0.4 is 9.64 Å². The summed E-state index contributed by atoms with van der Waals surface area (Å²) in [5, 5.41) is 12.8. The number of nitrogens with zero attached hydrogens (tertiary/aromatic N) is 6. The maximum atomic E-state index is 16.8. The van der Waals surface area contributed by atoms with Crippen molar-refractivity contribution < 1.29 is 23.8 Å². The number of anilines is 1. The van der Waals surface area contributed by atoms with E-state index in [0.717, 1.165) is 82.3 Å². The molecule has 5 heterocycles. The first-order valence-corrected chi connectivity index (χ1v) is 17.8. The van der Waals surface area contributed by atoms with Crippen LogP contribution in [0.5, 0.6) is 11.8 Å². The van der Waals surface area contributed by atoms with Crippen molar-refractivity contribution in [3.05, 3.63) is 54.3 Å². The van der Waals surface area contributed by atoms with E-state index in [1.807, 2.05) is 30.3 Å². The van der Waals surface area contributed by atoms with E-state index in [-0.39, 0.29) is 41.3 Å². The maximum Gasteiger partial charge on any atom is 0.319 e. The molecular weight excluding hydrogens is 623 g/mol. The van der Waals surface area contributed by atoms with Crippen molar-refractivity contribution in [3.8, 4) is 22.9 Å². The number of ether oxygens (including phenoxy) is 2. The summed E-state index contributed by atoms with van der Waals surface area (Å²) in [6.07, 6.45) is 5.43. The molecule has 1 N–H and O–H groups in total. The van der Waals surface area contributed by atoms with Crippen molar-refractivity contribution in [2.24, 2.45) is 0 Å². The van der Waals surface area contributed by atoms with Crippen LogP contribution in [0.15, 0.2) is 48.5 Å². The van der Waals surface area contributed by atoms with Crippen LogP contribution in [-0.4, -0.2) is 120 Å². The van der Waals surface area contributed by atoms with Crippen LogP contribution in [0.4, 0.5) is 10.2 Å². The Labute approximate surface area is 286 Å². The van der Waals surface area contributed by atoms with Crippen LogP contribution in [0.2, 0.25) is 0 Å². The van der Waals surface area contributed by atoms with Gasteiger partial charge in [0, 0.05) is 61.7 Å². The molecule has 0 radical (unpaired) electrons. The molecule has 258 valence electrons. The molecule has 11 heteroatoms. The second kappa shape index (κ2) is 13.7. The molecule has 0 aliphatic carbocycles. The number of carbonyl (C=O) groups is 1. The molecule has 2 bridgehead atoms. The molecule has 0 spiro atoms. The number of morpholine rings is 1. The third-order valence-corrected chi connectivity index (χ3v) is 11.0. The largest absolute Gasteiger partial charge is 0.508 e. The van der Waals surface area contributed by atoms with Gasteiger partial charge in [-0.2, -0.15) is 9.97 Å². The molecule has 10 nitrogen and oxygen atoms in total. The third-order valence-electron chi connectivity index (χ3n) is 11.0. The summed E-state index contributed by atoms with van der Waals surface area (Å²) in [5.41, 5.74) is 1.15. The van der Waals surface area contributed by atoms with Crippen molar-refractivity contribution >= 4 is 33.4 Å². The maximum absolute atomic E-state index is 16.8. The number of halogens is 1. The molecule has 49 heavy (non-hydrogen) atoms. The van der Waals surface area contributed by atoms with Gasteiger partial charge in [0.1, 0.15) is 23.7 Å². The summed E-state index contributed by atoms with van der Waals surface area (Å²) >= 11 is 0. The zero-order chi connectivity index (χ0) is 33.5. The fraction of sp³-hybridized carbons (Fsp3) is 0.500. The molecule has 0 saturated carbocycles. The predicted molar refractivity (Wildman–Crippen MR) is 188 cm³/mol. The second-order valence-electron chi connectivity index (χ2n) is 14.1. The number of fused-ring (bicyclic) bond motifs is 4. The number of likely N-dealkylation sites (N-methyl/N-ethyl adjacent to an activating group) is 1. The summed E-state index contributed by atoms with van der Waals surface area (Å²) in [6, 6.07) is 15.2. The van der Waals surface area contributed by atoms with Gasteiger partial charge in [-0.25, -0.2) is 4.39 Å². The number of likely N-dealkylation sites (tertiary alicyclic amines) is 1. The van der Waals surface area contributed by atoms with Crippen molar-refractivity contribution in [3.63, 3.8) is 0 Å². The fourth-order valence-corrected chi connectivity index (χ4v) is 8.41. The van der Waals surface area contributed by atoms with Crippen LogP contribution in [0.1, 0.15) is 38.5 Å². The number of amides is 1. The molecule has 8 rings (SSSR count). The molecule has 4 aliphatic heterocycles. The Bertz CT molecular complexity index is 1840. The molecule has 2 unspecified atom stereocenters. The van der Waals surface area contributed by atoms with Gasteiger partial charge in [0.2, 0.25) is 5.91 Å². The summed E-state index contributed by atoms with van der Waals surface area (Å²) in [5.74, 6) is 0.469. The Hall–Kier alpha value is -4.06. The average Bonchev–Trinajstić information content (AvgIpc) is 3.65. The summed E-state index contributed by atoms with van der Waals surface area (Å²) in [6.45, 7) is 7.01. The zero-order valence-corrected chi connectivity index (χ0v) is 28.2. The predicted octanol–water partition coefficient (Wildman–Crippen LogP) is 5.06. The van der Waals surface area contributed by atoms with E-state index in [1.165, 1.54) is 0 Å². The third kappa shape index (κ3) is 6.39. The van der Waals surface area contributed by atoms with E-state index in [1.54, 1.807) is 18.2 Å². The number of hydrogen-bond donors (Lipinski definition) is 1. The van der Waals surface area contributed by atoms with Crippen molar-refractivity contribution in [1.29, 1.82) is 0 Å². The first kappa shape index (κ1) is 32.2. The number of aromatic hydroxyl groups is 1. The Morgan fingerprint density at radius 3 is 2.55 bits per heavy atom. The molecule has 1 aromatic heterocycles. The van der Waals surface area contributed by atoms with Crippen LogP contribution in [0.25, 0.3) is 32.8 Å². The van der Waals surface area contributed by atoms with Gasteiger partial charge in [-0.1, -0.05) is 30.3 Å². The number of benzene rings is 3. The molecule has 4 fully saturated rings. The lowest BCUT2D eigenvalue weighted by Crippen LogP contribution is -2.56. The number of hydrogen-bond acceptors (Lipinski definition) is 9. The first-order chi connectivity index (χ1) is 23.9. The minimum Gasteiger partial charge on any atom is -0.508 e. The molecule has 3 atom stereocenters. The highest BCUT2D eigenvalue weighted by atomic mass is 19.1. The van der Waals surface area contributed by atoms with Crippen LogP contribution in [0.3, 0.4) is 0 Å². The van der Waals surface area contributed by atoms with E-state index in [2.05, 4.69) is 31.6 Å². The smallest absolute Gasteiger partial charge is 0.319 e. The fourth-order valence-electron chi connectivity index (χ4n) is 8.41. The minimum atomic E-state index is -0.475. The first-order valence-electron chi connectivity index (χ1n) is 17.8. The molecule has 3 aromatic carbocycles. The van der Waals surface area contributed by atoms with Gasteiger partial charge >= 0.3 is 6.01 Å². The second-order valence-corrected chi connectivity index (χ2v) is 14.1. The molecule has 4 aliphatic rings. The monoisotopic (exact) mass is 668 g/mol. The Kier molecular flexibility index (Phi) is 8.98. The SMILES string of the molecule is CN1CCC[C@H]1COc1nc(N2CC3CCC(C2)N3C(=O)CCCN2CCOCC2)c2ccc(-c3cc(O)cc4ccccc34)c(F)c2n1. The highest BCUT2D eigenvalue weighted by Gasteiger charge is 2.43.